The molecule has 1 aromatic heterocycles. The number of carbonyl (C=O) groups is 1. The van der Waals surface area contributed by atoms with Crippen molar-refractivity contribution < 1.29 is 14.3 Å². The second-order valence-corrected chi connectivity index (χ2v) is 8.99. The second kappa shape index (κ2) is 11.4. The van der Waals surface area contributed by atoms with Crippen LogP contribution in [0, 0.1) is 11.8 Å². The van der Waals surface area contributed by atoms with Gasteiger partial charge in [-0.15, -0.1) is 0 Å². The molecule has 0 bridgehead atoms. The molecule has 8 heteroatoms. The number of nitrogens with one attached hydrogen (secondary N) is 1. The molecule has 0 atom stereocenters. The van der Waals surface area contributed by atoms with E-state index in [4.69, 9.17) is 9.47 Å². The first-order valence-corrected chi connectivity index (χ1v) is 12.5. The molecule has 1 saturated heterocycles. The molecule has 8 nitrogen and oxygen atoms in total. The van der Waals surface area contributed by atoms with Crippen LogP contribution in [0.4, 0.5) is 17.2 Å². The summed E-state index contributed by atoms with van der Waals surface area (Å²) in [4.78, 5) is 26.1. The van der Waals surface area contributed by atoms with Crippen LogP contribution in [-0.4, -0.2) is 67.3 Å². The van der Waals surface area contributed by atoms with Crippen molar-refractivity contribution in [2.45, 2.75) is 25.7 Å². The van der Waals surface area contributed by atoms with Gasteiger partial charge in [0, 0.05) is 42.8 Å². The smallest absolute Gasteiger partial charge is 0.300 e. The van der Waals surface area contributed by atoms with Gasteiger partial charge in [0.1, 0.15) is 17.9 Å². The molecule has 0 radical (unpaired) electrons. The van der Waals surface area contributed by atoms with Crippen LogP contribution >= 0.6 is 0 Å². The summed E-state index contributed by atoms with van der Waals surface area (Å²) >= 11 is 0. The van der Waals surface area contributed by atoms with Crippen LogP contribution in [0.3, 0.4) is 0 Å². The van der Waals surface area contributed by atoms with Crippen molar-refractivity contribution in [3.8, 4) is 17.6 Å². The lowest BCUT2D eigenvalue weighted by Crippen LogP contribution is -2.36. The summed E-state index contributed by atoms with van der Waals surface area (Å²) in [5.41, 5.74) is 3.85. The molecule has 0 unspecified atom stereocenters. The molecule has 0 spiro atoms. The fourth-order valence-electron chi connectivity index (χ4n) is 4.74. The van der Waals surface area contributed by atoms with Gasteiger partial charge in [0.25, 0.3) is 5.91 Å². The van der Waals surface area contributed by atoms with Crippen LogP contribution in [0.2, 0.25) is 0 Å². The van der Waals surface area contributed by atoms with Gasteiger partial charge in [-0.3, -0.25) is 9.69 Å². The van der Waals surface area contributed by atoms with Crippen LogP contribution in [0.5, 0.6) is 5.75 Å². The molecule has 2 aliphatic rings. The predicted octanol–water partition coefficient (Wildman–Crippen LogP) is 3.78. The maximum absolute atomic E-state index is 12.4. The lowest BCUT2D eigenvalue weighted by atomic mass is 10.1. The zero-order valence-electron chi connectivity index (χ0n) is 20.6. The van der Waals surface area contributed by atoms with Crippen molar-refractivity contribution >= 4 is 34.0 Å². The highest BCUT2D eigenvalue weighted by Gasteiger charge is 2.24. The quantitative estimate of drug-likeness (QED) is 0.403. The summed E-state index contributed by atoms with van der Waals surface area (Å²) in [6.07, 6.45) is 5.28. The van der Waals surface area contributed by atoms with E-state index in [1.807, 2.05) is 24.3 Å². The van der Waals surface area contributed by atoms with Crippen LogP contribution in [0.15, 0.2) is 42.7 Å². The number of aromatic nitrogens is 2. The first-order valence-electron chi connectivity index (χ1n) is 12.5. The highest BCUT2D eigenvalue weighted by molar-refractivity contribution is 6.05. The zero-order chi connectivity index (χ0) is 24.7. The fourth-order valence-corrected chi connectivity index (χ4v) is 4.74. The standard InChI is InChI=1S/C28H31N5O3/c1-35-23-8-10-26-21(18-23)11-13-33(26)28-24-19-22(7-9-25(24)29-20-30-28)31-27(34)6-4-2-3-5-12-32-14-16-36-17-15-32/h7-10,18-20H,2-3,5,11-17H2,1H3,(H,31,34). The number of ether oxygens (including phenoxy) is 2. The summed E-state index contributed by atoms with van der Waals surface area (Å²) in [5.74, 6) is 7.10. The number of nitrogens with zero attached hydrogens (tertiary/aromatic N) is 4. The molecule has 36 heavy (non-hydrogen) atoms. The summed E-state index contributed by atoms with van der Waals surface area (Å²) in [6, 6.07) is 11.8. The van der Waals surface area contributed by atoms with Gasteiger partial charge in [-0.25, -0.2) is 9.97 Å². The number of morpholine rings is 1. The molecule has 0 aliphatic carbocycles. The Morgan fingerprint density at radius 2 is 2.00 bits per heavy atom. The van der Waals surface area contributed by atoms with Crippen molar-refractivity contribution in [3.05, 3.63) is 48.3 Å². The molecule has 5 rings (SSSR count). The topological polar surface area (TPSA) is 79.8 Å². The van der Waals surface area contributed by atoms with Crippen LogP contribution in [0.1, 0.15) is 24.8 Å². The minimum atomic E-state index is -0.306. The van der Waals surface area contributed by atoms with Gasteiger partial charge in [-0.05, 0) is 73.7 Å². The number of rotatable bonds is 7. The van der Waals surface area contributed by atoms with E-state index >= 15 is 0 Å². The molecular formula is C28H31N5O3. The fraction of sp³-hybridized carbons (Fsp3) is 0.393. The van der Waals surface area contributed by atoms with Crippen LogP contribution in [0.25, 0.3) is 10.9 Å². The van der Waals surface area contributed by atoms with Crippen molar-refractivity contribution in [3.63, 3.8) is 0 Å². The van der Waals surface area contributed by atoms with Crippen molar-refractivity contribution in [1.29, 1.82) is 0 Å². The third-order valence-corrected chi connectivity index (χ3v) is 6.64. The Labute approximate surface area is 211 Å². The van der Waals surface area contributed by atoms with Crippen molar-refractivity contribution in [2.24, 2.45) is 0 Å². The first-order chi connectivity index (χ1) is 17.7. The molecular weight excluding hydrogens is 454 g/mol. The number of benzene rings is 2. The van der Waals surface area contributed by atoms with E-state index in [9.17, 15) is 4.79 Å². The summed E-state index contributed by atoms with van der Waals surface area (Å²) in [7, 11) is 1.68. The minimum absolute atomic E-state index is 0.306. The highest BCUT2D eigenvalue weighted by Crippen LogP contribution is 2.38. The van der Waals surface area contributed by atoms with E-state index in [0.29, 0.717) is 12.1 Å². The van der Waals surface area contributed by atoms with E-state index in [0.717, 1.165) is 86.8 Å². The number of hydrogen-bond acceptors (Lipinski definition) is 7. The van der Waals surface area contributed by atoms with E-state index in [1.165, 1.54) is 5.56 Å². The van der Waals surface area contributed by atoms with E-state index in [2.05, 4.69) is 49.1 Å². The van der Waals surface area contributed by atoms with Gasteiger partial charge < -0.3 is 19.7 Å². The molecule has 1 amide bonds. The highest BCUT2D eigenvalue weighted by atomic mass is 16.5. The number of amides is 1. The van der Waals surface area contributed by atoms with Gasteiger partial charge in [0.2, 0.25) is 0 Å². The zero-order valence-corrected chi connectivity index (χ0v) is 20.6. The SMILES string of the molecule is COc1ccc2c(c1)CCN2c1ncnc2ccc(NC(=O)C#CCCCCN3CCOCC3)cc12. The lowest BCUT2D eigenvalue weighted by molar-refractivity contribution is -0.111. The summed E-state index contributed by atoms with van der Waals surface area (Å²) < 4.78 is 10.7. The third-order valence-electron chi connectivity index (χ3n) is 6.64. The Balaban J connectivity index is 1.22. The van der Waals surface area contributed by atoms with Gasteiger partial charge in [-0.1, -0.05) is 5.92 Å². The predicted molar refractivity (Wildman–Crippen MR) is 141 cm³/mol. The molecule has 2 aliphatic heterocycles. The molecule has 1 N–H and O–H groups in total. The van der Waals surface area contributed by atoms with Gasteiger partial charge in [-0.2, -0.15) is 0 Å². The number of carbonyl (C=O) groups excluding carboxylic acids is 1. The summed E-state index contributed by atoms with van der Waals surface area (Å²) in [5, 5.41) is 3.79. The second-order valence-electron chi connectivity index (χ2n) is 8.99. The van der Waals surface area contributed by atoms with Crippen LogP contribution < -0.4 is 15.0 Å². The first kappa shape index (κ1) is 24.0. The average molecular weight is 486 g/mol. The lowest BCUT2D eigenvalue weighted by Gasteiger charge is -2.26. The Kier molecular flexibility index (Phi) is 7.60. The maximum Gasteiger partial charge on any atom is 0.300 e. The number of unbranched alkanes of at least 4 members (excludes halogenated alkanes) is 2. The largest absolute Gasteiger partial charge is 0.497 e. The Morgan fingerprint density at radius 1 is 1.11 bits per heavy atom. The normalized spacial score (nSPS) is 15.3. The Hall–Kier alpha value is -3.67. The van der Waals surface area contributed by atoms with E-state index in [1.54, 1.807) is 13.4 Å². The van der Waals surface area contributed by atoms with Gasteiger partial charge >= 0.3 is 0 Å². The molecule has 3 heterocycles. The van der Waals surface area contributed by atoms with Gasteiger partial charge in [0.05, 0.1) is 25.8 Å². The van der Waals surface area contributed by atoms with E-state index < -0.39 is 0 Å². The molecule has 186 valence electrons. The molecule has 0 saturated carbocycles. The number of hydrogen-bond donors (Lipinski definition) is 1. The number of fused-ring (bicyclic) bond motifs is 2. The monoisotopic (exact) mass is 485 g/mol. The summed E-state index contributed by atoms with van der Waals surface area (Å²) in [6.45, 7) is 5.54. The molecule has 2 aromatic carbocycles. The van der Waals surface area contributed by atoms with Crippen LogP contribution in [-0.2, 0) is 16.0 Å². The minimum Gasteiger partial charge on any atom is -0.497 e. The molecule has 3 aromatic rings. The average Bonchev–Trinajstić information content (AvgIpc) is 3.34. The van der Waals surface area contributed by atoms with E-state index in [-0.39, 0.29) is 5.91 Å². The van der Waals surface area contributed by atoms with Crippen molar-refractivity contribution in [1.82, 2.24) is 14.9 Å². The number of methoxy groups -OCH3 is 1. The maximum atomic E-state index is 12.4. The number of anilines is 3. The Bertz CT molecular complexity index is 1290. The van der Waals surface area contributed by atoms with Gasteiger partial charge in [0.15, 0.2) is 0 Å². The van der Waals surface area contributed by atoms with Crippen molar-refractivity contribution in [2.75, 3.05) is 56.7 Å². The molecule has 1 fully saturated rings. The third kappa shape index (κ3) is 5.59. The Morgan fingerprint density at radius 3 is 2.86 bits per heavy atom.